The number of hydrogen-bond acceptors (Lipinski definition) is 4. The molecule has 0 aliphatic carbocycles. The molecule has 0 radical (unpaired) electrons. The van der Waals surface area contributed by atoms with E-state index in [1.54, 1.807) is 12.1 Å². The van der Waals surface area contributed by atoms with Crippen molar-refractivity contribution >= 4 is 5.96 Å². The molecule has 1 unspecified atom stereocenters. The molecule has 0 spiro atoms. The van der Waals surface area contributed by atoms with Crippen LogP contribution in [0.25, 0.3) is 0 Å². The van der Waals surface area contributed by atoms with E-state index < -0.39 is 0 Å². The molecule has 4 nitrogen and oxygen atoms in total. The molecule has 1 aliphatic heterocycles. The average molecular weight is 231 g/mol. The van der Waals surface area contributed by atoms with Gasteiger partial charge in [-0.05, 0) is 24.6 Å². The first kappa shape index (κ1) is 11.5. The fraction of sp³-hybridized carbons (Fsp3) is 0.308. The van der Waals surface area contributed by atoms with Gasteiger partial charge in [-0.1, -0.05) is 18.2 Å². The molecule has 1 atom stereocenters. The van der Waals surface area contributed by atoms with Gasteiger partial charge in [0, 0.05) is 6.54 Å². The highest BCUT2D eigenvalue weighted by molar-refractivity contribution is 5.81. The van der Waals surface area contributed by atoms with Crippen molar-refractivity contribution in [2.24, 2.45) is 10.7 Å². The van der Waals surface area contributed by atoms with E-state index >= 15 is 0 Å². The maximum atomic E-state index is 9.32. The average Bonchev–Trinajstić information content (AvgIpc) is 2.60. The van der Waals surface area contributed by atoms with Crippen molar-refractivity contribution in [3.63, 3.8) is 0 Å². The minimum atomic E-state index is -0.258. The molecule has 2 rings (SSSR count). The van der Waals surface area contributed by atoms with Gasteiger partial charge in [-0.3, -0.25) is 4.99 Å². The van der Waals surface area contributed by atoms with Crippen LogP contribution in [0.3, 0.4) is 0 Å². The molecule has 1 aromatic rings. The monoisotopic (exact) mass is 231 g/mol. The molecular weight excluding hydrogens is 214 g/mol. The van der Waals surface area contributed by atoms with Crippen molar-refractivity contribution in [1.29, 1.82) is 0 Å². The first-order chi connectivity index (χ1) is 8.08. The number of hydrogen-bond donors (Lipinski definition) is 2. The highest BCUT2D eigenvalue weighted by Gasteiger charge is 2.38. The Labute approximate surface area is 101 Å². The molecule has 0 fully saturated rings. The zero-order valence-corrected chi connectivity index (χ0v) is 9.93. The molecule has 0 saturated carbocycles. The van der Waals surface area contributed by atoms with Gasteiger partial charge in [0.15, 0.2) is 5.96 Å². The summed E-state index contributed by atoms with van der Waals surface area (Å²) in [5.74, 6) is 0.806. The Morgan fingerprint density at radius 1 is 1.53 bits per heavy atom. The van der Waals surface area contributed by atoms with Crippen LogP contribution < -0.4 is 5.73 Å². The SMILES string of the molecule is C=CCN1C(N)=NCC1(C)c1ccc(O)cc1. The van der Waals surface area contributed by atoms with E-state index in [4.69, 9.17) is 5.73 Å². The third-order valence-electron chi connectivity index (χ3n) is 3.22. The van der Waals surface area contributed by atoms with Gasteiger partial charge in [0.25, 0.3) is 0 Å². The van der Waals surface area contributed by atoms with Crippen LogP contribution in [0.1, 0.15) is 12.5 Å². The van der Waals surface area contributed by atoms with E-state index in [1.165, 1.54) is 0 Å². The maximum absolute atomic E-state index is 9.32. The molecule has 3 N–H and O–H groups in total. The molecule has 1 aliphatic rings. The predicted octanol–water partition coefficient (Wildman–Crippen LogP) is 1.42. The second kappa shape index (κ2) is 4.13. The van der Waals surface area contributed by atoms with E-state index in [-0.39, 0.29) is 11.3 Å². The molecule has 0 amide bonds. The van der Waals surface area contributed by atoms with Gasteiger partial charge in [0.05, 0.1) is 12.1 Å². The second-order valence-corrected chi connectivity index (χ2v) is 4.39. The summed E-state index contributed by atoms with van der Waals surface area (Å²) in [6.45, 7) is 7.11. The quantitative estimate of drug-likeness (QED) is 0.773. The fourth-order valence-electron chi connectivity index (χ4n) is 2.15. The van der Waals surface area contributed by atoms with Crippen molar-refractivity contribution in [2.45, 2.75) is 12.5 Å². The minimum absolute atomic E-state index is 0.258. The third-order valence-corrected chi connectivity index (χ3v) is 3.22. The van der Waals surface area contributed by atoms with Crippen molar-refractivity contribution in [1.82, 2.24) is 4.90 Å². The molecule has 4 heteroatoms. The Balaban J connectivity index is 2.35. The van der Waals surface area contributed by atoms with Crippen LogP contribution in [0.2, 0.25) is 0 Å². The number of rotatable bonds is 3. The Hall–Kier alpha value is -1.97. The molecule has 1 aromatic carbocycles. The zero-order chi connectivity index (χ0) is 12.5. The molecule has 0 bridgehead atoms. The smallest absolute Gasteiger partial charge is 0.192 e. The van der Waals surface area contributed by atoms with Crippen molar-refractivity contribution in [2.75, 3.05) is 13.1 Å². The number of nitrogens with zero attached hydrogens (tertiary/aromatic N) is 2. The standard InChI is InChI=1S/C13H17N3O/c1-3-8-16-12(14)15-9-13(16,2)10-4-6-11(17)7-5-10/h3-7,17H,1,8-9H2,2H3,(H2,14,15). The largest absolute Gasteiger partial charge is 0.508 e. The van der Waals surface area contributed by atoms with E-state index in [0.717, 1.165) is 5.56 Å². The lowest BCUT2D eigenvalue weighted by Gasteiger charge is -2.36. The van der Waals surface area contributed by atoms with E-state index in [2.05, 4.69) is 18.5 Å². The van der Waals surface area contributed by atoms with Gasteiger partial charge in [0.1, 0.15) is 5.75 Å². The molecule has 1 heterocycles. The third kappa shape index (κ3) is 1.86. The van der Waals surface area contributed by atoms with Crippen LogP contribution in [-0.2, 0) is 5.54 Å². The number of nitrogens with two attached hydrogens (primary N) is 1. The summed E-state index contributed by atoms with van der Waals surface area (Å²) in [5.41, 5.74) is 6.71. The van der Waals surface area contributed by atoms with Crippen LogP contribution >= 0.6 is 0 Å². The van der Waals surface area contributed by atoms with Crippen molar-refractivity contribution in [3.05, 3.63) is 42.5 Å². The van der Waals surface area contributed by atoms with Gasteiger partial charge in [0.2, 0.25) is 0 Å². The van der Waals surface area contributed by atoms with Crippen LogP contribution in [0.5, 0.6) is 5.75 Å². The summed E-state index contributed by atoms with van der Waals surface area (Å²) >= 11 is 0. The molecule has 0 aromatic heterocycles. The predicted molar refractivity (Wildman–Crippen MR) is 68.9 cm³/mol. The lowest BCUT2D eigenvalue weighted by Crippen LogP contribution is -2.47. The highest BCUT2D eigenvalue weighted by Crippen LogP contribution is 2.33. The molecule has 17 heavy (non-hydrogen) atoms. The van der Waals surface area contributed by atoms with Crippen molar-refractivity contribution in [3.8, 4) is 5.75 Å². The zero-order valence-electron chi connectivity index (χ0n) is 9.93. The first-order valence-electron chi connectivity index (χ1n) is 5.56. The Bertz CT molecular complexity index is 452. The lowest BCUT2D eigenvalue weighted by atomic mass is 9.91. The topological polar surface area (TPSA) is 61.8 Å². The minimum Gasteiger partial charge on any atom is -0.508 e. The van der Waals surface area contributed by atoms with E-state index in [9.17, 15) is 5.11 Å². The van der Waals surface area contributed by atoms with Gasteiger partial charge in [-0.15, -0.1) is 6.58 Å². The number of guanidine groups is 1. The highest BCUT2D eigenvalue weighted by atomic mass is 16.3. The van der Waals surface area contributed by atoms with E-state index in [0.29, 0.717) is 19.0 Å². The van der Waals surface area contributed by atoms with Gasteiger partial charge < -0.3 is 15.7 Å². The summed E-state index contributed by atoms with van der Waals surface area (Å²) in [4.78, 5) is 6.32. The van der Waals surface area contributed by atoms with Crippen LogP contribution in [0, 0.1) is 0 Å². The summed E-state index contributed by atoms with van der Waals surface area (Å²) < 4.78 is 0. The van der Waals surface area contributed by atoms with Crippen LogP contribution in [0.15, 0.2) is 41.9 Å². The number of phenols is 1. The van der Waals surface area contributed by atoms with Crippen molar-refractivity contribution < 1.29 is 5.11 Å². The number of aliphatic imine (C=N–C) groups is 1. The second-order valence-electron chi connectivity index (χ2n) is 4.39. The number of aromatic hydroxyl groups is 1. The summed E-state index contributed by atoms with van der Waals surface area (Å²) in [6.07, 6.45) is 1.81. The van der Waals surface area contributed by atoms with Gasteiger partial charge >= 0.3 is 0 Å². The number of benzene rings is 1. The molecule has 0 saturated heterocycles. The van der Waals surface area contributed by atoms with Crippen LogP contribution in [0.4, 0.5) is 0 Å². The fourth-order valence-corrected chi connectivity index (χ4v) is 2.15. The summed E-state index contributed by atoms with van der Waals surface area (Å²) in [5, 5.41) is 9.32. The molecule has 90 valence electrons. The van der Waals surface area contributed by atoms with Crippen LogP contribution in [-0.4, -0.2) is 29.1 Å². The Morgan fingerprint density at radius 3 is 2.76 bits per heavy atom. The first-order valence-corrected chi connectivity index (χ1v) is 5.56. The number of phenolic OH excluding ortho intramolecular Hbond substituents is 1. The summed E-state index contributed by atoms with van der Waals surface area (Å²) in [6, 6.07) is 7.17. The van der Waals surface area contributed by atoms with Gasteiger partial charge in [-0.25, -0.2) is 0 Å². The Morgan fingerprint density at radius 2 is 2.18 bits per heavy atom. The normalized spacial score (nSPS) is 23.6. The molecular formula is C13H17N3O. The lowest BCUT2D eigenvalue weighted by molar-refractivity contribution is 0.245. The summed E-state index contributed by atoms with van der Waals surface area (Å²) in [7, 11) is 0. The Kier molecular flexibility index (Phi) is 2.79. The van der Waals surface area contributed by atoms with Gasteiger partial charge in [-0.2, -0.15) is 0 Å². The van der Waals surface area contributed by atoms with E-state index in [1.807, 2.05) is 23.1 Å². The maximum Gasteiger partial charge on any atom is 0.192 e.